The summed E-state index contributed by atoms with van der Waals surface area (Å²) in [6.07, 6.45) is 3.76. The standard InChI is InChI=1S/C34H46N4O7S2Si/c1-5-6-13-20-35-34(40)30(36-46(41,42)29-16-11-8-12-17-29)23-28-18-19-31(32(24-28)45-26-27-14-9-7-10-15-27)38-25-33(39)37(47(38,43)44)21-22-48(2,3)4/h7-12,14-19,24-25,30,36,39H,5-6,13,20-23,26H2,1-4H3,(H,35,40)/t30-/m0/s1. The van der Waals surface area contributed by atoms with E-state index in [0.717, 1.165) is 39.6 Å². The lowest BCUT2D eigenvalue weighted by Crippen LogP contribution is -2.48. The minimum Gasteiger partial charge on any atom is -0.493 e. The van der Waals surface area contributed by atoms with E-state index in [0.29, 0.717) is 18.2 Å². The van der Waals surface area contributed by atoms with Gasteiger partial charge in [0.1, 0.15) is 24.1 Å². The summed E-state index contributed by atoms with van der Waals surface area (Å²) in [5, 5.41) is 13.6. The number of anilines is 1. The molecule has 4 rings (SSSR count). The third-order valence-corrected chi connectivity index (χ3v) is 12.7. The number of aliphatic hydroxyl groups excluding tert-OH is 1. The van der Waals surface area contributed by atoms with Crippen molar-refractivity contribution >= 4 is 39.9 Å². The predicted octanol–water partition coefficient (Wildman–Crippen LogP) is 5.52. The van der Waals surface area contributed by atoms with E-state index in [2.05, 4.69) is 36.6 Å². The number of hydrogen-bond acceptors (Lipinski definition) is 7. The molecule has 14 heteroatoms. The van der Waals surface area contributed by atoms with Crippen LogP contribution in [0.2, 0.25) is 25.7 Å². The smallest absolute Gasteiger partial charge is 0.332 e. The van der Waals surface area contributed by atoms with E-state index in [-0.39, 0.29) is 41.8 Å². The van der Waals surface area contributed by atoms with Gasteiger partial charge in [0.15, 0.2) is 0 Å². The van der Waals surface area contributed by atoms with E-state index in [4.69, 9.17) is 4.74 Å². The van der Waals surface area contributed by atoms with E-state index in [9.17, 15) is 26.7 Å². The van der Waals surface area contributed by atoms with Crippen molar-refractivity contribution in [3.63, 3.8) is 0 Å². The normalized spacial score (nSPS) is 15.2. The molecule has 1 heterocycles. The van der Waals surface area contributed by atoms with Crippen molar-refractivity contribution < 1.29 is 31.5 Å². The second-order valence-corrected chi connectivity index (χ2v) is 22.0. The number of carbonyl (C=O) groups excluding carboxylic acids is 1. The molecule has 3 aromatic carbocycles. The van der Waals surface area contributed by atoms with Crippen LogP contribution in [0.1, 0.15) is 37.3 Å². The number of aliphatic hydroxyl groups is 1. The lowest BCUT2D eigenvalue weighted by Gasteiger charge is -2.26. The van der Waals surface area contributed by atoms with Crippen molar-refractivity contribution in [1.82, 2.24) is 14.3 Å². The lowest BCUT2D eigenvalue weighted by molar-refractivity contribution is -0.122. The van der Waals surface area contributed by atoms with Crippen LogP contribution in [0, 0.1) is 0 Å². The van der Waals surface area contributed by atoms with Crippen molar-refractivity contribution in [1.29, 1.82) is 0 Å². The van der Waals surface area contributed by atoms with Gasteiger partial charge >= 0.3 is 10.2 Å². The fraction of sp³-hybridized carbons (Fsp3) is 0.382. The van der Waals surface area contributed by atoms with Crippen LogP contribution in [0.25, 0.3) is 0 Å². The third kappa shape index (κ3) is 9.84. The van der Waals surface area contributed by atoms with Gasteiger partial charge in [-0.1, -0.05) is 94.0 Å². The fourth-order valence-electron chi connectivity index (χ4n) is 5.03. The predicted molar refractivity (Wildman–Crippen MR) is 191 cm³/mol. The zero-order valence-electron chi connectivity index (χ0n) is 27.9. The maximum atomic E-state index is 13.7. The molecule has 0 bridgehead atoms. The molecule has 0 radical (unpaired) electrons. The Labute approximate surface area is 285 Å². The first-order chi connectivity index (χ1) is 22.7. The number of amides is 1. The van der Waals surface area contributed by atoms with Gasteiger partial charge in [0, 0.05) is 21.2 Å². The van der Waals surface area contributed by atoms with Crippen molar-refractivity contribution in [3.8, 4) is 5.75 Å². The van der Waals surface area contributed by atoms with Gasteiger partial charge in [-0.15, -0.1) is 0 Å². The molecule has 0 unspecified atom stereocenters. The van der Waals surface area contributed by atoms with Crippen LogP contribution < -0.4 is 19.1 Å². The highest BCUT2D eigenvalue weighted by Crippen LogP contribution is 2.38. The second kappa shape index (κ2) is 16.0. The Kier molecular flexibility index (Phi) is 12.3. The molecule has 0 spiro atoms. The van der Waals surface area contributed by atoms with Crippen molar-refractivity contribution in [2.75, 3.05) is 17.4 Å². The van der Waals surface area contributed by atoms with Gasteiger partial charge in [0.05, 0.1) is 11.1 Å². The largest absolute Gasteiger partial charge is 0.493 e. The van der Waals surface area contributed by atoms with E-state index in [1.54, 1.807) is 36.4 Å². The Bertz CT molecular complexity index is 1780. The summed E-state index contributed by atoms with van der Waals surface area (Å²) in [6.45, 7) is 9.09. The topological polar surface area (TPSA) is 145 Å². The SMILES string of the molecule is CCCCCNC(=O)[C@H](Cc1ccc(N2C=C(O)N(CC[Si](C)(C)C)S2(=O)=O)c(OCc2ccccc2)c1)NS(=O)(=O)c1ccccc1. The molecule has 0 fully saturated rings. The third-order valence-electron chi connectivity index (χ3n) is 7.77. The van der Waals surface area contributed by atoms with E-state index >= 15 is 0 Å². The monoisotopic (exact) mass is 714 g/mol. The molecule has 3 aromatic rings. The molecular formula is C34H46N4O7S2Si. The fourth-order valence-corrected chi connectivity index (χ4v) is 8.75. The molecule has 0 aliphatic carbocycles. The van der Waals surface area contributed by atoms with Gasteiger partial charge < -0.3 is 15.2 Å². The summed E-state index contributed by atoms with van der Waals surface area (Å²) in [4.78, 5) is 13.4. The summed E-state index contributed by atoms with van der Waals surface area (Å²) in [7, 11) is -9.85. The first-order valence-electron chi connectivity index (χ1n) is 16.1. The van der Waals surface area contributed by atoms with Gasteiger partial charge in [-0.25, -0.2) is 17.0 Å². The van der Waals surface area contributed by atoms with E-state index < -0.39 is 40.3 Å². The number of unbranched alkanes of at least 4 members (excludes halogenated alkanes) is 2. The number of hydrogen-bond donors (Lipinski definition) is 3. The van der Waals surface area contributed by atoms with E-state index in [1.807, 2.05) is 30.3 Å². The number of nitrogens with zero attached hydrogens (tertiary/aromatic N) is 2. The molecule has 0 saturated heterocycles. The van der Waals surface area contributed by atoms with Gasteiger partial charge in [0.25, 0.3) is 0 Å². The summed E-state index contributed by atoms with van der Waals surface area (Å²) >= 11 is 0. The molecule has 0 saturated carbocycles. The number of rotatable bonds is 17. The lowest BCUT2D eigenvalue weighted by atomic mass is 10.0. The molecule has 1 aliphatic heterocycles. The van der Waals surface area contributed by atoms with Gasteiger partial charge in [-0.05, 0) is 54.3 Å². The first-order valence-corrected chi connectivity index (χ1v) is 22.7. The molecule has 1 atom stereocenters. The number of nitrogens with one attached hydrogen (secondary N) is 2. The van der Waals surface area contributed by atoms with Crippen LogP contribution in [0.15, 0.2) is 95.8 Å². The quantitative estimate of drug-likeness (QED) is 0.123. The molecular weight excluding hydrogens is 669 g/mol. The zero-order valence-corrected chi connectivity index (χ0v) is 30.6. The number of carbonyl (C=O) groups is 1. The van der Waals surface area contributed by atoms with Gasteiger partial charge in [0.2, 0.25) is 21.8 Å². The molecule has 1 amide bonds. The molecule has 3 N–H and O–H groups in total. The van der Waals surface area contributed by atoms with Crippen LogP contribution in [0.5, 0.6) is 5.75 Å². The maximum absolute atomic E-state index is 13.7. The molecule has 48 heavy (non-hydrogen) atoms. The summed E-state index contributed by atoms with van der Waals surface area (Å²) in [5.74, 6) is -0.681. The van der Waals surface area contributed by atoms with Crippen LogP contribution in [-0.4, -0.2) is 59.4 Å². The Morgan fingerprint density at radius 3 is 2.27 bits per heavy atom. The highest BCUT2D eigenvalue weighted by Gasteiger charge is 2.39. The molecule has 1 aliphatic rings. The van der Waals surface area contributed by atoms with E-state index in [1.165, 1.54) is 12.1 Å². The highest BCUT2D eigenvalue weighted by atomic mass is 32.2. The summed E-state index contributed by atoms with van der Waals surface area (Å²) in [6, 6.07) is 21.4. The Balaban J connectivity index is 1.68. The number of sulfonamides is 1. The van der Waals surface area contributed by atoms with Crippen LogP contribution in [-0.2, 0) is 38.1 Å². The van der Waals surface area contributed by atoms with Crippen molar-refractivity contribution in [3.05, 3.63) is 102 Å². The maximum Gasteiger partial charge on any atom is 0.332 e. The average Bonchev–Trinajstić information content (AvgIpc) is 3.27. The van der Waals surface area contributed by atoms with Crippen molar-refractivity contribution in [2.45, 2.75) is 75.8 Å². The first kappa shape index (κ1) is 37.0. The van der Waals surface area contributed by atoms with Crippen LogP contribution in [0.4, 0.5) is 5.69 Å². The Morgan fingerprint density at radius 2 is 1.62 bits per heavy atom. The summed E-state index contributed by atoms with van der Waals surface area (Å²) < 4.78 is 64.7. The average molecular weight is 715 g/mol. The minimum atomic E-state index is -4.17. The van der Waals surface area contributed by atoms with Gasteiger partial charge in [-0.3, -0.25) is 4.79 Å². The number of benzene rings is 3. The minimum absolute atomic E-state index is 0.0283. The van der Waals surface area contributed by atoms with Gasteiger partial charge in [-0.2, -0.15) is 13.1 Å². The summed E-state index contributed by atoms with van der Waals surface area (Å²) in [5.41, 5.74) is 1.54. The molecule has 11 nitrogen and oxygen atoms in total. The van der Waals surface area contributed by atoms with Crippen molar-refractivity contribution in [2.24, 2.45) is 0 Å². The second-order valence-electron chi connectivity index (χ2n) is 12.9. The Hall–Kier alpha value is -3.85. The Morgan fingerprint density at radius 1 is 0.958 bits per heavy atom. The zero-order chi connectivity index (χ0) is 35.0. The molecule has 0 aromatic heterocycles. The van der Waals surface area contributed by atoms with Crippen LogP contribution in [0.3, 0.4) is 0 Å². The number of ether oxygens (including phenoxy) is 1. The van der Waals surface area contributed by atoms with Crippen LogP contribution >= 0.6 is 0 Å². The molecule has 260 valence electrons. The highest BCUT2D eigenvalue weighted by molar-refractivity contribution is 7.91.